The van der Waals surface area contributed by atoms with Crippen LogP contribution in [0.3, 0.4) is 0 Å². The summed E-state index contributed by atoms with van der Waals surface area (Å²) < 4.78 is 0. The normalized spacial score (nSPS) is 32.8. The van der Waals surface area contributed by atoms with E-state index in [4.69, 9.17) is 29.2 Å². The van der Waals surface area contributed by atoms with Gasteiger partial charge in [0, 0.05) is 0 Å². The Labute approximate surface area is 199 Å². The van der Waals surface area contributed by atoms with Crippen LogP contribution in [0.25, 0.3) is 10.6 Å². The van der Waals surface area contributed by atoms with Gasteiger partial charge >= 0.3 is 35.6 Å². The molecule has 2 fully saturated rings. The monoisotopic (exact) mass is 480 g/mol. The summed E-state index contributed by atoms with van der Waals surface area (Å²) in [4.78, 5) is 0. The van der Waals surface area contributed by atoms with Gasteiger partial charge in [0.15, 0.2) is 0 Å². The van der Waals surface area contributed by atoms with Crippen molar-refractivity contribution >= 4 is 18.6 Å². The quantitative estimate of drug-likeness (QED) is 0.233. The Morgan fingerprint density at radius 2 is 1.07 bits per heavy atom. The number of halogens is 2. The van der Waals surface area contributed by atoms with Gasteiger partial charge in [-0.05, 0) is 11.8 Å². The van der Waals surface area contributed by atoms with Gasteiger partial charge in [0.2, 0.25) is 0 Å². The Morgan fingerprint density at radius 3 is 1.38 bits per heavy atom. The van der Waals surface area contributed by atoms with Gasteiger partial charge in [-0.1, -0.05) is 117 Å². The summed E-state index contributed by atoms with van der Waals surface area (Å²) in [5.74, 6) is 4.77. The molecule has 6 unspecified atom stereocenters. The van der Waals surface area contributed by atoms with Crippen LogP contribution in [-0.4, -0.2) is 25.2 Å². The van der Waals surface area contributed by atoms with Crippen LogP contribution in [0.1, 0.15) is 92.9 Å². The molecule has 0 saturated heterocycles. The zero-order valence-electron chi connectivity index (χ0n) is 19.8. The molecule has 29 heavy (non-hydrogen) atoms. The number of unbranched alkanes of at least 4 members (excludes halogenated alkanes) is 1. The predicted octanol–water partition coefficient (Wildman–Crippen LogP) is 8.81. The summed E-state index contributed by atoms with van der Waals surface area (Å²) >= 11 is -0.556. The predicted molar refractivity (Wildman–Crippen MR) is 128 cm³/mol. The first-order chi connectivity index (χ1) is 13.8. The van der Waals surface area contributed by atoms with E-state index in [0.29, 0.717) is 12.1 Å². The van der Waals surface area contributed by atoms with Gasteiger partial charge in [0.1, 0.15) is 0 Å². The minimum absolute atomic E-state index is 0.556. The van der Waals surface area contributed by atoms with E-state index >= 15 is 0 Å². The average Bonchev–Trinajstić information content (AvgIpc) is 2.66. The molecule has 0 heterocycles. The minimum atomic E-state index is -0.556. The van der Waals surface area contributed by atoms with E-state index in [9.17, 15) is 0 Å². The van der Waals surface area contributed by atoms with Gasteiger partial charge in [0.25, 0.3) is 0 Å². The molecule has 0 aromatic heterocycles. The van der Waals surface area contributed by atoms with E-state index in [0.717, 1.165) is 48.6 Å². The first-order valence-electron chi connectivity index (χ1n) is 12.1. The molecule has 0 aromatic carbocycles. The summed E-state index contributed by atoms with van der Waals surface area (Å²) in [6.07, 6.45) is 10.8. The summed E-state index contributed by atoms with van der Waals surface area (Å²) in [7, 11) is 9.78. The second-order valence-corrected chi connectivity index (χ2v) is 12.8. The molecular formula is C24H46Cl2N2Ti-2. The van der Waals surface area contributed by atoms with Gasteiger partial charge in [-0.25, -0.2) is 0 Å². The third kappa shape index (κ3) is 10.1. The van der Waals surface area contributed by atoms with E-state index in [-0.39, 0.29) is 0 Å². The molecule has 2 saturated carbocycles. The fourth-order valence-electron chi connectivity index (χ4n) is 5.67. The van der Waals surface area contributed by atoms with Gasteiger partial charge in [-0.15, -0.1) is 25.2 Å². The molecule has 0 radical (unpaired) electrons. The van der Waals surface area contributed by atoms with Crippen LogP contribution in [0, 0.1) is 35.5 Å². The topological polar surface area (TPSA) is 28.2 Å². The molecule has 172 valence electrons. The molecule has 5 heteroatoms. The molecule has 2 aliphatic rings. The Morgan fingerprint density at radius 1 is 0.724 bits per heavy atom. The standard InChI is InChI=1S/C24H46N2.2ClH.Ti/c1-17(2)21-13-9-11-19(5)23(21)25-15-7-8-16-26-24-20(6)12-10-14-22(24)18(3)4;;;/h17-24H,7-16H2,1-6H3;2*1H;/q-2;;;+2/p-2. The van der Waals surface area contributed by atoms with E-state index in [1.165, 1.54) is 51.4 Å². The molecule has 2 nitrogen and oxygen atoms in total. The maximum atomic E-state index is 5.17. The second-order valence-electron chi connectivity index (χ2n) is 10.2. The molecule has 2 aliphatic carbocycles. The van der Waals surface area contributed by atoms with Crippen molar-refractivity contribution in [1.29, 1.82) is 0 Å². The molecule has 2 rings (SSSR count). The average molecular weight is 481 g/mol. The second kappa shape index (κ2) is 15.9. The van der Waals surface area contributed by atoms with Crippen molar-refractivity contribution in [3.63, 3.8) is 0 Å². The van der Waals surface area contributed by atoms with Crippen molar-refractivity contribution < 1.29 is 17.0 Å². The molecule has 0 aromatic rings. The fraction of sp³-hybridized carbons (Fsp3) is 1.00. The van der Waals surface area contributed by atoms with Crippen LogP contribution >= 0.6 is 18.6 Å². The first kappa shape index (κ1) is 28.2. The molecule has 0 bridgehead atoms. The zero-order valence-corrected chi connectivity index (χ0v) is 22.9. The van der Waals surface area contributed by atoms with Crippen LogP contribution in [0.4, 0.5) is 0 Å². The Hall–Kier alpha value is 1.21. The Balaban J connectivity index is 0.00000132. The SMILES string of the molecule is CC(C)C1CCCC(C)C1[N-]CCCC[N-]C1C(C)CCCC1C(C)C.[Cl][Ti][Cl]. The molecule has 0 N–H and O–H groups in total. The van der Waals surface area contributed by atoms with Crippen molar-refractivity contribution in [2.45, 2.75) is 105 Å². The zero-order chi connectivity index (χ0) is 21.8. The van der Waals surface area contributed by atoms with E-state index < -0.39 is 17.0 Å². The summed E-state index contributed by atoms with van der Waals surface area (Å²) in [6.45, 7) is 16.5. The van der Waals surface area contributed by atoms with Crippen LogP contribution in [0.15, 0.2) is 0 Å². The molecule has 0 aliphatic heterocycles. The van der Waals surface area contributed by atoms with Crippen LogP contribution in [0.5, 0.6) is 0 Å². The van der Waals surface area contributed by atoms with Gasteiger partial charge in [-0.2, -0.15) is 0 Å². The first-order valence-corrected chi connectivity index (χ1v) is 16.4. The van der Waals surface area contributed by atoms with Crippen LogP contribution in [0.2, 0.25) is 0 Å². The third-order valence-electron chi connectivity index (χ3n) is 7.40. The summed E-state index contributed by atoms with van der Waals surface area (Å²) in [5.41, 5.74) is 0. The van der Waals surface area contributed by atoms with E-state index in [1.54, 1.807) is 0 Å². The Kier molecular flexibility index (Phi) is 15.5. The molecule has 0 amide bonds. The van der Waals surface area contributed by atoms with Crippen molar-refractivity contribution in [2.24, 2.45) is 35.5 Å². The molecular weight excluding hydrogens is 435 g/mol. The van der Waals surface area contributed by atoms with Crippen LogP contribution in [-0.2, 0) is 17.0 Å². The van der Waals surface area contributed by atoms with Gasteiger partial charge in [-0.3, -0.25) is 0 Å². The van der Waals surface area contributed by atoms with E-state index in [2.05, 4.69) is 41.5 Å². The number of rotatable bonds is 9. The third-order valence-corrected chi connectivity index (χ3v) is 7.40. The van der Waals surface area contributed by atoms with Gasteiger partial charge < -0.3 is 10.6 Å². The van der Waals surface area contributed by atoms with E-state index in [1.807, 2.05) is 0 Å². The Bertz CT molecular complexity index is 372. The van der Waals surface area contributed by atoms with Crippen molar-refractivity contribution in [1.82, 2.24) is 0 Å². The number of hydrogen-bond donors (Lipinski definition) is 0. The fourth-order valence-corrected chi connectivity index (χ4v) is 5.67. The van der Waals surface area contributed by atoms with Crippen molar-refractivity contribution in [3.8, 4) is 0 Å². The van der Waals surface area contributed by atoms with Gasteiger partial charge in [0.05, 0.1) is 0 Å². The maximum absolute atomic E-state index is 5.17. The molecule has 0 spiro atoms. The number of hydrogen-bond acceptors (Lipinski definition) is 0. The van der Waals surface area contributed by atoms with Crippen molar-refractivity contribution in [2.75, 3.05) is 13.1 Å². The molecule has 6 atom stereocenters. The van der Waals surface area contributed by atoms with Crippen LogP contribution < -0.4 is 0 Å². The summed E-state index contributed by atoms with van der Waals surface area (Å²) in [6, 6.07) is 1.23. The summed E-state index contributed by atoms with van der Waals surface area (Å²) in [5, 5.41) is 10.3. The van der Waals surface area contributed by atoms with Crippen molar-refractivity contribution in [3.05, 3.63) is 10.6 Å². The number of nitrogens with zero attached hydrogens (tertiary/aromatic N) is 2.